The first kappa shape index (κ1) is 13.5. The number of aliphatic hydroxyl groups is 1. The molecule has 0 aliphatic heterocycles. The molecule has 0 saturated heterocycles. The van der Waals surface area contributed by atoms with E-state index in [1.807, 2.05) is 19.1 Å². The monoisotopic (exact) mass is 236 g/mol. The molecule has 0 bridgehead atoms. The van der Waals surface area contributed by atoms with Crippen molar-refractivity contribution >= 4 is 11.6 Å². The van der Waals surface area contributed by atoms with Gasteiger partial charge in [0.1, 0.15) is 0 Å². The molecule has 4 heteroatoms. The smallest absolute Gasteiger partial charge is 0.229 e. The number of carbonyl (C=O) groups is 1. The minimum Gasteiger partial charge on any atom is -0.399 e. The minimum atomic E-state index is -0.517. The summed E-state index contributed by atoms with van der Waals surface area (Å²) in [5.41, 5.74) is 7.24. The van der Waals surface area contributed by atoms with Crippen LogP contribution in [0.1, 0.15) is 25.3 Å². The molecule has 1 rings (SSSR count). The Morgan fingerprint density at radius 1 is 1.47 bits per heavy atom. The van der Waals surface area contributed by atoms with Crippen LogP contribution in [0.25, 0.3) is 0 Å². The predicted molar refractivity (Wildman–Crippen MR) is 68.6 cm³/mol. The number of carbonyl (C=O) groups excluding carboxylic acids is 1. The van der Waals surface area contributed by atoms with Gasteiger partial charge in [-0.15, -0.1) is 0 Å². The van der Waals surface area contributed by atoms with Crippen molar-refractivity contribution in [3.8, 4) is 0 Å². The van der Waals surface area contributed by atoms with Gasteiger partial charge in [0.15, 0.2) is 0 Å². The molecule has 2 atom stereocenters. The Bertz CT molecular complexity index is 391. The van der Waals surface area contributed by atoms with Crippen LogP contribution in [0.4, 0.5) is 5.69 Å². The van der Waals surface area contributed by atoms with E-state index in [9.17, 15) is 9.90 Å². The van der Waals surface area contributed by atoms with Gasteiger partial charge in [0.05, 0.1) is 12.0 Å². The zero-order chi connectivity index (χ0) is 13.0. The lowest BCUT2D eigenvalue weighted by atomic mass is 9.99. The van der Waals surface area contributed by atoms with E-state index in [1.165, 1.54) is 0 Å². The number of nitrogen functional groups attached to an aromatic ring is 1. The Balaban J connectivity index is 2.76. The molecule has 0 fully saturated rings. The molecule has 4 nitrogen and oxygen atoms in total. The topological polar surface area (TPSA) is 66.6 Å². The van der Waals surface area contributed by atoms with Crippen molar-refractivity contribution in [1.29, 1.82) is 0 Å². The Morgan fingerprint density at radius 3 is 2.65 bits per heavy atom. The molecular weight excluding hydrogens is 216 g/mol. The molecule has 0 radical (unpaired) electrons. The number of benzene rings is 1. The van der Waals surface area contributed by atoms with Gasteiger partial charge in [-0.05, 0) is 31.5 Å². The molecule has 0 saturated carbocycles. The third-order valence-corrected chi connectivity index (χ3v) is 2.70. The van der Waals surface area contributed by atoms with Gasteiger partial charge in [0.2, 0.25) is 5.91 Å². The number of amides is 1. The fourth-order valence-electron chi connectivity index (χ4n) is 1.79. The quantitative estimate of drug-likeness (QED) is 0.772. The van der Waals surface area contributed by atoms with E-state index in [-0.39, 0.29) is 11.8 Å². The molecular formula is C13H20N2O2. The van der Waals surface area contributed by atoms with Gasteiger partial charge in [-0.25, -0.2) is 0 Å². The van der Waals surface area contributed by atoms with Gasteiger partial charge >= 0.3 is 0 Å². The van der Waals surface area contributed by atoms with Gasteiger partial charge < -0.3 is 15.7 Å². The molecule has 0 aliphatic carbocycles. The molecule has 0 spiro atoms. The fourth-order valence-corrected chi connectivity index (χ4v) is 1.79. The normalized spacial score (nSPS) is 14.1. The largest absolute Gasteiger partial charge is 0.399 e. The lowest BCUT2D eigenvalue weighted by Crippen LogP contribution is -2.35. The van der Waals surface area contributed by atoms with E-state index < -0.39 is 6.10 Å². The van der Waals surface area contributed by atoms with Gasteiger partial charge in [0.25, 0.3) is 0 Å². The van der Waals surface area contributed by atoms with Crippen molar-refractivity contribution < 1.29 is 9.90 Å². The van der Waals surface area contributed by atoms with Crippen molar-refractivity contribution in [2.75, 3.05) is 19.3 Å². The SMILES string of the molecule is CC(O)CN(C)C(=O)C(C)c1cccc(N)c1. The van der Waals surface area contributed by atoms with Crippen LogP contribution in [0.5, 0.6) is 0 Å². The molecule has 0 heterocycles. The number of anilines is 1. The summed E-state index contributed by atoms with van der Waals surface area (Å²) in [6.07, 6.45) is -0.517. The molecule has 2 unspecified atom stereocenters. The minimum absolute atomic E-state index is 0.0171. The number of aliphatic hydroxyl groups excluding tert-OH is 1. The molecule has 3 N–H and O–H groups in total. The second-order valence-electron chi connectivity index (χ2n) is 4.46. The van der Waals surface area contributed by atoms with Gasteiger partial charge in [-0.1, -0.05) is 12.1 Å². The molecule has 0 aliphatic rings. The highest BCUT2D eigenvalue weighted by molar-refractivity contribution is 5.83. The predicted octanol–water partition coefficient (Wildman–Crippen LogP) is 1.21. The van der Waals surface area contributed by atoms with Crippen molar-refractivity contribution in [1.82, 2.24) is 4.90 Å². The molecule has 0 aromatic heterocycles. The van der Waals surface area contributed by atoms with Crippen molar-refractivity contribution in [3.63, 3.8) is 0 Å². The highest BCUT2D eigenvalue weighted by atomic mass is 16.3. The maximum atomic E-state index is 12.1. The lowest BCUT2D eigenvalue weighted by molar-refractivity contribution is -0.132. The number of nitrogens with two attached hydrogens (primary N) is 1. The number of hydrogen-bond donors (Lipinski definition) is 2. The van der Waals surface area contributed by atoms with E-state index >= 15 is 0 Å². The second kappa shape index (κ2) is 5.68. The first-order valence-corrected chi connectivity index (χ1v) is 5.70. The third kappa shape index (κ3) is 3.75. The van der Waals surface area contributed by atoms with E-state index in [4.69, 9.17) is 5.73 Å². The first-order valence-electron chi connectivity index (χ1n) is 5.70. The number of rotatable bonds is 4. The van der Waals surface area contributed by atoms with Crippen LogP contribution in [0.15, 0.2) is 24.3 Å². The summed E-state index contributed by atoms with van der Waals surface area (Å²) in [5, 5.41) is 9.25. The maximum Gasteiger partial charge on any atom is 0.229 e. The highest BCUT2D eigenvalue weighted by Gasteiger charge is 2.20. The Labute approximate surface area is 102 Å². The zero-order valence-corrected chi connectivity index (χ0v) is 10.6. The van der Waals surface area contributed by atoms with E-state index in [1.54, 1.807) is 31.0 Å². The number of nitrogens with zero attached hydrogens (tertiary/aromatic N) is 1. The van der Waals surface area contributed by atoms with E-state index in [0.717, 1.165) is 5.56 Å². The fraction of sp³-hybridized carbons (Fsp3) is 0.462. The Hall–Kier alpha value is -1.55. The average Bonchev–Trinajstić information content (AvgIpc) is 2.26. The van der Waals surface area contributed by atoms with Crippen LogP contribution in [-0.4, -0.2) is 35.6 Å². The number of hydrogen-bond acceptors (Lipinski definition) is 3. The van der Waals surface area contributed by atoms with Gasteiger partial charge in [-0.3, -0.25) is 4.79 Å². The van der Waals surface area contributed by atoms with Crippen LogP contribution >= 0.6 is 0 Å². The highest BCUT2D eigenvalue weighted by Crippen LogP contribution is 2.19. The van der Waals surface area contributed by atoms with Crippen molar-refractivity contribution in [2.24, 2.45) is 0 Å². The summed E-state index contributed by atoms with van der Waals surface area (Å²) in [5.74, 6) is -0.265. The summed E-state index contributed by atoms with van der Waals surface area (Å²) < 4.78 is 0. The molecule has 1 aromatic rings. The van der Waals surface area contributed by atoms with Crippen LogP contribution in [0.2, 0.25) is 0 Å². The van der Waals surface area contributed by atoms with Crippen LogP contribution in [0, 0.1) is 0 Å². The first-order chi connectivity index (χ1) is 7.91. The Morgan fingerprint density at radius 2 is 2.12 bits per heavy atom. The Kier molecular flexibility index (Phi) is 4.52. The maximum absolute atomic E-state index is 12.1. The van der Waals surface area contributed by atoms with E-state index in [2.05, 4.69) is 0 Å². The average molecular weight is 236 g/mol. The standard InChI is InChI=1S/C13H20N2O2/c1-9(16)8-15(3)13(17)10(2)11-5-4-6-12(14)7-11/h4-7,9-10,16H,8,14H2,1-3H3. The number of likely N-dealkylation sites (N-methyl/N-ethyl adjacent to an activating group) is 1. The molecule has 1 amide bonds. The molecule has 94 valence electrons. The third-order valence-electron chi connectivity index (χ3n) is 2.70. The van der Waals surface area contributed by atoms with Crippen LogP contribution in [0.3, 0.4) is 0 Å². The summed E-state index contributed by atoms with van der Waals surface area (Å²) in [4.78, 5) is 13.6. The van der Waals surface area contributed by atoms with Gasteiger partial charge in [0, 0.05) is 19.3 Å². The van der Waals surface area contributed by atoms with Gasteiger partial charge in [-0.2, -0.15) is 0 Å². The van der Waals surface area contributed by atoms with E-state index in [0.29, 0.717) is 12.2 Å². The zero-order valence-electron chi connectivity index (χ0n) is 10.6. The summed E-state index contributed by atoms with van der Waals surface area (Å²) in [7, 11) is 1.69. The molecule has 17 heavy (non-hydrogen) atoms. The summed E-state index contributed by atoms with van der Waals surface area (Å²) in [6.45, 7) is 3.84. The summed E-state index contributed by atoms with van der Waals surface area (Å²) >= 11 is 0. The van der Waals surface area contributed by atoms with Crippen LogP contribution in [-0.2, 0) is 4.79 Å². The molecule has 1 aromatic carbocycles. The van der Waals surface area contributed by atoms with Crippen LogP contribution < -0.4 is 5.73 Å². The second-order valence-corrected chi connectivity index (χ2v) is 4.46. The summed E-state index contributed by atoms with van der Waals surface area (Å²) in [6, 6.07) is 7.32. The lowest BCUT2D eigenvalue weighted by Gasteiger charge is -2.23. The van der Waals surface area contributed by atoms with Crippen molar-refractivity contribution in [3.05, 3.63) is 29.8 Å². The van der Waals surface area contributed by atoms with Crippen molar-refractivity contribution in [2.45, 2.75) is 25.9 Å².